The highest BCUT2D eigenvalue weighted by molar-refractivity contribution is 5.48. The van der Waals surface area contributed by atoms with Crippen LogP contribution in [-0.2, 0) is 6.18 Å². The van der Waals surface area contributed by atoms with Gasteiger partial charge in [-0.2, -0.15) is 13.2 Å². The van der Waals surface area contributed by atoms with Gasteiger partial charge in [0, 0.05) is 6.07 Å². The van der Waals surface area contributed by atoms with Crippen molar-refractivity contribution in [3.63, 3.8) is 0 Å². The molecule has 0 aliphatic rings. The Hall–Kier alpha value is -2.07. The zero-order valence-electron chi connectivity index (χ0n) is 8.47. The second-order valence-corrected chi connectivity index (χ2v) is 3.07. The van der Waals surface area contributed by atoms with Gasteiger partial charge in [0.05, 0.1) is 4.92 Å². The van der Waals surface area contributed by atoms with E-state index in [-0.39, 0.29) is 12.1 Å². The summed E-state index contributed by atoms with van der Waals surface area (Å²) in [5.41, 5.74) is -4.14. The molecule has 0 heterocycles. The van der Waals surface area contributed by atoms with Crippen LogP contribution in [0.15, 0.2) is 12.1 Å². The van der Waals surface area contributed by atoms with Crippen LogP contribution in [0.3, 0.4) is 0 Å². The Kier molecular flexibility index (Phi) is 3.59. The number of benzene rings is 1. The zero-order valence-corrected chi connectivity index (χ0v) is 8.47. The van der Waals surface area contributed by atoms with Gasteiger partial charge in [-0.1, -0.05) is 0 Å². The van der Waals surface area contributed by atoms with Gasteiger partial charge in [-0.15, -0.1) is 13.2 Å². The first-order valence-corrected chi connectivity index (χ1v) is 4.23. The van der Waals surface area contributed by atoms with Gasteiger partial charge in [0.15, 0.2) is 17.1 Å². The summed E-state index contributed by atoms with van der Waals surface area (Å²) in [4.78, 5) is 8.73. The smallest absolute Gasteiger partial charge is 0.403 e. The van der Waals surface area contributed by atoms with E-state index >= 15 is 0 Å². The fourth-order valence-corrected chi connectivity index (χ4v) is 1.17. The Labute approximate surface area is 99.1 Å². The predicted molar refractivity (Wildman–Crippen MR) is 44.7 cm³/mol. The van der Waals surface area contributed by atoms with E-state index in [1.165, 1.54) is 0 Å². The van der Waals surface area contributed by atoms with Crippen molar-refractivity contribution in [2.45, 2.75) is 12.5 Å². The summed E-state index contributed by atoms with van der Waals surface area (Å²) in [5, 5.41) is 10.3. The van der Waals surface area contributed by atoms with Gasteiger partial charge in [-0.25, -0.2) is 4.39 Å². The molecule has 19 heavy (non-hydrogen) atoms. The van der Waals surface area contributed by atoms with Crippen molar-refractivity contribution in [1.82, 2.24) is 0 Å². The summed E-state index contributed by atoms with van der Waals surface area (Å²) >= 11 is 0. The predicted octanol–water partition coefficient (Wildman–Crippen LogP) is 3.65. The molecular formula is C8H2F7NO3. The number of halogens is 7. The molecule has 0 atom stereocenters. The van der Waals surface area contributed by atoms with Crippen molar-refractivity contribution < 1.29 is 40.4 Å². The highest BCUT2D eigenvalue weighted by Crippen LogP contribution is 2.41. The minimum Gasteiger partial charge on any atom is -0.403 e. The number of ether oxygens (including phenoxy) is 1. The van der Waals surface area contributed by atoms with Crippen molar-refractivity contribution >= 4 is 5.69 Å². The molecule has 0 N–H and O–H groups in total. The largest absolute Gasteiger partial charge is 0.573 e. The summed E-state index contributed by atoms with van der Waals surface area (Å²) in [6, 6.07) is 0.170. The molecule has 0 fully saturated rings. The first-order valence-electron chi connectivity index (χ1n) is 4.23. The van der Waals surface area contributed by atoms with Gasteiger partial charge in [-0.3, -0.25) is 10.1 Å². The molecule has 106 valence electrons. The summed E-state index contributed by atoms with van der Waals surface area (Å²) < 4.78 is 88.9. The van der Waals surface area contributed by atoms with Crippen LogP contribution in [-0.4, -0.2) is 11.3 Å². The molecule has 0 spiro atoms. The fraction of sp³-hybridized carbons (Fsp3) is 0.250. The average Bonchev–Trinajstić information content (AvgIpc) is 2.16. The van der Waals surface area contributed by atoms with Crippen molar-refractivity contribution in [3.8, 4) is 5.75 Å². The monoisotopic (exact) mass is 293 g/mol. The van der Waals surface area contributed by atoms with E-state index in [4.69, 9.17) is 0 Å². The SMILES string of the molecule is O=[N+]([O-])c1ccc(OC(F)(F)F)c(F)c1C(F)(F)F. The van der Waals surface area contributed by atoms with E-state index in [2.05, 4.69) is 4.74 Å². The molecule has 0 unspecified atom stereocenters. The maximum Gasteiger partial charge on any atom is 0.573 e. The molecular weight excluding hydrogens is 291 g/mol. The normalized spacial score (nSPS) is 12.4. The lowest BCUT2D eigenvalue weighted by Crippen LogP contribution is -2.20. The lowest BCUT2D eigenvalue weighted by Gasteiger charge is -2.13. The van der Waals surface area contributed by atoms with Gasteiger partial charge in [0.1, 0.15) is 0 Å². The number of nitrogens with zero attached hydrogens (tertiary/aromatic N) is 1. The molecule has 0 radical (unpaired) electrons. The van der Waals surface area contributed by atoms with Crippen LogP contribution in [0.2, 0.25) is 0 Å². The molecule has 0 saturated carbocycles. The zero-order chi connectivity index (χ0) is 15.0. The first kappa shape index (κ1) is 15.0. The van der Waals surface area contributed by atoms with E-state index in [1.54, 1.807) is 0 Å². The van der Waals surface area contributed by atoms with E-state index in [1.807, 2.05) is 0 Å². The Morgan fingerprint density at radius 3 is 2.00 bits per heavy atom. The molecule has 0 aromatic heterocycles. The van der Waals surface area contributed by atoms with Gasteiger partial charge in [-0.05, 0) is 6.07 Å². The molecule has 11 heteroatoms. The van der Waals surface area contributed by atoms with Crippen LogP contribution in [0.1, 0.15) is 5.56 Å². The van der Waals surface area contributed by atoms with Crippen molar-refractivity contribution in [2.75, 3.05) is 0 Å². The lowest BCUT2D eigenvalue weighted by molar-refractivity contribution is -0.388. The van der Waals surface area contributed by atoms with E-state index in [9.17, 15) is 40.8 Å². The Balaban J connectivity index is 3.47. The maximum atomic E-state index is 13.3. The third-order valence-corrected chi connectivity index (χ3v) is 1.79. The molecule has 0 saturated heterocycles. The molecule has 0 aliphatic heterocycles. The van der Waals surface area contributed by atoms with Crippen LogP contribution in [0, 0.1) is 15.9 Å². The second-order valence-electron chi connectivity index (χ2n) is 3.07. The quantitative estimate of drug-likeness (QED) is 0.475. The van der Waals surface area contributed by atoms with Crippen molar-refractivity contribution in [3.05, 3.63) is 33.6 Å². The average molecular weight is 293 g/mol. The molecule has 1 rings (SSSR count). The van der Waals surface area contributed by atoms with Gasteiger partial charge >= 0.3 is 12.5 Å². The molecule has 4 nitrogen and oxygen atoms in total. The Bertz CT molecular complexity index is 508. The van der Waals surface area contributed by atoms with Crippen LogP contribution in [0.4, 0.5) is 36.4 Å². The van der Waals surface area contributed by atoms with Crippen LogP contribution < -0.4 is 4.74 Å². The van der Waals surface area contributed by atoms with E-state index in [0.717, 1.165) is 0 Å². The third kappa shape index (κ3) is 3.45. The highest BCUT2D eigenvalue weighted by Gasteiger charge is 2.44. The fourth-order valence-electron chi connectivity index (χ4n) is 1.17. The van der Waals surface area contributed by atoms with Gasteiger partial charge in [0.25, 0.3) is 5.69 Å². The summed E-state index contributed by atoms with van der Waals surface area (Å²) in [6.07, 6.45) is -11.0. The summed E-state index contributed by atoms with van der Waals surface area (Å²) in [6.45, 7) is 0. The standard InChI is InChI=1S/C8H2F7NO3/c9-6-4(19-8(13,14)15)2-1-3(16(17)18)5(6)7(10,11)12/h1-2H. The molecule has 0 amide bonds. The number of hydrogen-bond donors (Lipinski definition) is 0. The molecule has 1 aromatic carbocycles. The van der Waals surface area contributed by atoms with Gasteiger partial charge in [0.2, 0.25) is 0 Å². The Morgan fingerprint density at radius 2 is 1.63 bits per heavy atom. The Morgan fingerprint density at radius 1 is 1.11 bits per heavy atom. The lowest BCUT2D eigenvalue weighted by atomic mass is 10.1. The van der Waals surface area contributed by atoms with E-state index < -0.39 is 40.3 Å². The minimum absolute atomic E-state index is 0.0764. The van der Waals surface area contributed by atoms with E-state index in [0.29, 0.717) is 0 Å². The third-order valence-electron chi connectivity index (χ3n) is 1.79. The van der Waals surface area contributed by atoms with Crippen LogP contribution in [0.25, 0.3) is 0 Å². The molecule has 0 bridgehead atoms. The van der Waals surface area contributed by atoms with Crippen molar-refractivity contribution in [1.29, 1.82) is 0 Å². The topological polar surface area (TPSA) is 52.4 Å². The number of alkyl halides is 6. The number of nitro groups is 1. The highest BCUT2D eigenvalue weighted by atomic mass is 19.4. The van der Waals surface area contributed by atoms with Crippen LogP contribution in [0.5, 0.6) is 5.75 Å². The second kappa shape index (κ2) is 4.55. The van der Waals surface area contributed by atoms with Gasteiger partial charge < -0.3 is 4.74 Å². The summed E-state index contributed by atoms with van der Waals surface area (Å²) in [7, 11) is 0. The number of hydrogen-bond acceptors (Lipinski definition) is 3. The van der Waals surface area contributed by atoms with Crippen LogP contribution >= 0.6 is 0 Å². The minimum atomic E-state index is -5.54. The molecule has 0 aliphatic carbocycles. The number of nitro benzene ring substituents is 1. The van der Waals surface area contributed by atoms with Crippen molar-refractivity contribution in [2.24, 2.45) is 0 Å². The maximum absolute atomic E-state index is 13.3. The number of rotatable bonds is 2. The first-order chi connectivity index (χ1) is 8.43. The summed E-state index contributed by atoms with van der Waals surface area (Å²) in [5.74, 6) is -4.30. The molecule has 1 aromatic rings.